The molecule has 0 atom stereocenters. The number of hydrogen-bond acceptors (Lipinski definition) is 2. The number of aryl methyl sites for hydroxylation is 1. The van der Waals surface area contributed by atoms with E-state index in [1.165, 1.54) is 5.56 Å². The zero-order chi connectivity index (χ0) is 14.1. The highest BCUT2D eigenvalue weighted by molar-refractivity contribution is 5.92. The lowest BCUT2D eigenvalue weighted by Gasteiger charge is -2.07. The number of anilines is 1. The number of benzene rings is 1. The van der Waals surface area contributed by atoms with Crippen molar-refractivity contribution in [3.63, 3.8) is 0 Å². The molecule has 0 aromatic heterocycles. The lowest BCUT2D eigenvalue weighted by atomic mass is 10.1. The first-order valence-corrected chi connectivity index (χ1v) is 6.49. The Hall–Kier alpha value is -1.81. The number of ether oxygens (including phenoxy) is 1. The minimum absolute atomic E-state index is 0.409. The van der Waals surface area contributed by atoms with Crippen molar-refractivity contribution in [2.45, 2.75) is 20.3 Å². The molecule has 3 N–H and O–H groups in total. The van der Waals surface area contributed by atoms with Gasteiger partial charge in [-0.1, -0.05) is 31.2 Å². The molecule has 1 rings (SSSR count). The Kier molecular flexibility index (Phi) is 6.68. The number of nitrogens with two attached hydrogens (primary N) is 1. The standard InChI is InChI=1S/C15H23N3O/c1-4-13-6-5-7-14(10-13)18-15(16)17-8-9-19-11-12(2)3/h5-7,10H,2,4,8-9,11H2,1,3H3,(H3,16,17,18). The van der Waals surface area contributed by atoms with Gasteiger partial charge in [-0.25, -0.2) is 0 Å². The molecule has 4 nitrogen and oxygen atoms in total. The van der Waals surface area contributed by atoms with Crippen LogP contribution in [-0.4, -0.2) is 25.7 Å². The Bertz CT molecular complexity index is 441. The summed E-state index contributed by atoms with van der Waals surface area (Å²) in [5.74, 6) is 0.409. The number of aliphatic imine (C=N–C) groups is 1. The molecule has 0 aliphatic heterocycles. The molecule has 19 heavy (non-hydrogen) atoms. The fourth-order valence-electron chi connectivity index (χ4n) is 1.53. The van der Waals surface area contributed by atoms with E-state index in [0.29, 0.717) is 25.7 Å². The van der Waals surface area contributed by atoms with Crippen LogP contribution in [0.25, 0.3) is 0 Å². The van der Waals surface area contributed by atoms with Gasteiger partial charge in [0.15, 0.2) is 5.96 Å². The lowest BCUT2D eigenvalue weighted by Crippen LogP contribution is -2.23. The summed E-state index contributed by atoms with van der Waals surface area (Å²) in [6, 6.07) is 8.13. The van der Waals surface area contributed by atoms with Gasteiger partial charge in [-0.2, -0.15) is 0 Å². The summed E-state index contributed by atoms with van der Waals surface area (Å²) in [5.41, 5.74) is 9.04. The maximum absolute atomic E-state index is 5.81. The first-order valence-electron chi connectivity index (χ1n) is 6.49. The van der Waals surface area contributed by atoms with Crippen LogP contribution in [0.1, 0.15) is 19.4 Å². The predicted octanol–water partition coefficient (Wildman–Crippen LogP) is 2.57. The summed E-state index contributed by atoms with van der Waals surface area (Å²) in [6.07, 6.45) is 1.00. The molecule has 0 radical (unpaired) electrons. The van der Waals surface area contributed by atoms with E-state index in [9.17, 15) is 0 Å². The number of rotatable bonds is 7. The van der Waals surface area contributed by atoms with Crippen molar-refractivity contribution >= 4 is 11.6 Å². The van der Waals surface area contributed by atoms with Gasteiger partial charge in [0.1, 0.15) is 0 Å². The van der Waals surface area contributed by atoms with Crippen LogP contribution in [0.5, 0.6) is 0 Å². The average molecular weight is 261 g/mol. The highest BCUT2D eigenvalue weighted by Gasteiger charge is 1.96. The third kappa shape index (κ3) is 6.62. The van der Waals surface area contributed by atoms with Gasteiger partial charge >= 0.3 is 0 Å². The van der Waals surface area contributed by atoms with Crippen LogP contribution in [0.3, 0.4) is 0 Å². The number of guanidine groups is 1. The second-order valence-corrected chi connectivity index (χ2v) is 4.46. The van der Waals surface area contributed by atoms with Crippen molar-refractivity contribution < 1.29 is 4.74 Å². The molecule has 0 heterocycles. The monoisotopic (exact) mass is 261 g/mol. The van der Waals surface area contributed by atoms with Crippen LogP contribution in [0.2, 0.25) is 0 Å². The molecular weight excluding hydrogens is 238 g/mol. The Labute approximate surface area is 115 Å². The van der Waals surface area contributed by atoms with Gasteiger partial charge in [-0.05, 0) is 31.0 Å². The van der Waals surface area contributed by atoms with Gasteiger partial charge in [-0.15, -0.1) is 0 Å². The van der Waals surface area contributed by atoms with Gasteiger partial charge in [0.25, 0.3) is 0 Å². The zero-order valence-corrected chi connectivity index (χ0v) is 11.8. The number of nitrogens with one attached hydrogen (secondary N) is 1. The van der Waals surface area contributed by atoms with E-state index in [0.717, 1.165) is 17.7 Å². The van der Waals surface area contributed by atoms with Crippen LogP contribution in [0.15, 0.2) is 41.4 Å². The summed E-state index contributed by atoms with van der Waals surface area (Å²) < 4.78 is 5.34. The molecule has 104 valence electrons. The van der Waals surface area contributed by atoms with E-state index >= 15 is 0 Å². The van der Waals surface area contributed by atoms with E-state index in [4.69, 9.17) is 10.5 Å². The van der Waals surface area contributed by atoms with E-state index in [1.807, 2.05) is 19.1 Å². The summed E-state index contributed by atoms with van der Waals surface area (Å²) in [5, 5.41) is 3.07. The maximum atomic E-state index is 5.81. The normalized spacial score (nSPS) is 11.4. The van der Waals surface area contributed by atoms with E-state index in [-0.39, 0.29) is 0 Å². The van der Waals surface area contributed by atoms with Gasteiger partial charge in [0.2, 0.25) is 0 Å². The topological polar surface area (TPSA) is 59.6 Å². The molecule has 1 aromatic carbocycles. The zero-order valence-electron chi connectivity index (χ0n) is 11.8. The first-order chi connectivity index (χ1) is 9.11. The molecule has 0 unspecified atom stereocenters. The maximum Gasteiger partial charge on any atom is 0.193 e. The second-order valence-electron chi connectivity index (χ2n) is 4.46. The summed E-state index contributed by atoms with van der Waals surface area (Å²) >= 11 is 0. The smallest absolute Gasteiger partial charge is 0.193 e. The first kappa shape index (κ1) is 15.2. The van der Waals surface area contributed by atoms with Crippen LogP contribution >= 0.6 is 0 Å². The molecule has 0 spiro atoms. The largest absolute Gasteiger partial charge is 0.375 e. The third-order valence-corrected chi connectivity index (χ3v) is 2.47. The molecule has 0 aliphatic rings. The molecule has 0 saturated carbocycles. The fraction of sp³-hybridized carbons (Fsp3) is 0.400. The number of hydrogen-bond donors (Lipinski definition) is 2. The minimum Gasteiger partial charge on any atom is -0.375 e. The van der Waals surface area contributed by atoms with Crippen molar-refractivity contribution in [3.8, 4) is 0 Å². The SMILES string of the molecule is C=C(C)COCCN=C(N)Nc1cccc(CC)c1. The Morgan fingerprint density at radius 1 is 1.47 bits per heavy atom. The predicted molar refractivity (Wildman–Crippen MR) is 81.6 cm³/mol. The van der Waals surface area contributed by atoms with Crippen molar-refractivity contribution in [2.24, 2.45) is 10.7 Å². The average Bonchev–Trinajstić information content (AvgIpc) is 2.38. The van der Waals surface area contributed by atoms with E-state index in [1.54, 1.807) is 0 Å². The fourth-order valence-corrected chi connectivity index (χ4v) is 1.53. The second kappa shape index (κ2) is 8.32. The van der Waals surface area contributed by atoms with Crippen LogP contribution < -0.4 is 11.1 Å². The lowest BCUT2D eigenvalue weighted by molar-refractivity contribution is 0.165. The van der Waals surface area contributed by atoms with Crippen LogP contribution in [0.4, 0.5) is 5.69 Å². The molecule has 0 bridgehead atoms. The highest BCUT2D eigenvalue weighted by atomic mass is 16.5. The van der Waals surface area contributed by atoms with Crippen molar-refractivity contribution in [2.75, 3.05) is 25.1 Å². The van der Waals surface area contributed by atoms with E-state index in [2.05, 4.69) is 35.9 Å². The molecule has 0 fully saturated rings. The molecule has 0 aliphatic carbocycles. The third-order valence-electron chi connectivity index (χ3n) is 2.47. The quantitative estimate of drug-likeness (QED) is 0.343. The Morgan fingerprint density at radius 2 is 2.26 bits per heavy atom. The van der Waals surface area contributed by atoms with Crippen molar-refractivity contribution in [3.05, 3.63) is 42.0 Å². The van der Waals surface area contributed by atoms with Crippen molar-refractivity contribution in [1.29, 1.82) is 0 Å². The highest BCUT2D eigenvalue weighted by Crippen LogP contribution is 2.10. The van der Waals surface area contributed by atoms with Crippen molar-refractivity contribution in [1.82, 2.24) is 0 Å². The molecule has 4 heteroatoms. The summed E-state index contributed by atoms with van der Waals surface area (Å²) in [6.45, 7) is 9.47. The summed E-state index contributed by atoms with van der Waals surface area (Å²) in [7, 11) is 0. The van der Waals surface area contributed by atoms with Gasteiger partial charge < -0.3 is 15.8 Å². The molecule has 0 saturated heterocycles. The Balaban J connectivity index is 2.36. The van der Waals surface area contributed by atoms with Gasteiger partial charge in [0, 0.05) is 5.69 Å². The molecule has 0 amide bonds. The number of nitrogens with zero attached hydrogens (tertiary/aromatic N) is 1. The van der Waals surface area contributed by atoms with Crippen LogP contribution in [-0.2, 0) is 11.2 Å². The van der Waals surface area contributed by atoms with Crippen LogP contribution in [0, 0.1) is 0 Å². The molecular formula is C15H23N3O. The van der Waals surface area contributed by atoms with Gasteiger partial charge in [-0.3, -0.25) is 4.99 Å². The molecule has 1 aromatic rings. The van der Waals surface area contributed by atoms with E-state index < -0.39 is 0 Å². The Morgan fingerprint density at radius 3 is 2.95 bits per heavy atom. The van der Waals surface area contributed by atoms with Gasteiger partial charge in [0.05, 0.1) is 19.8 Å². The summed E-state index contributed by atoms with van der Waals surface area (Å²) in [4.78, 5) is 4.20. The minimum atomic E-state index is 0.409.